The van der Waals surface area contributed by atoms with Crippen LogP contribution in [0.15, 0.2) is 47.9 Å². The molecular formula is C26H39NO4. The van der Waals surface area contributed by atoms with Crippen molar-refractivity contribution in [1.82, 2.24) is 5.32 Å². The molecule has 31 heavy (non-hydrogen) atoms. The topological polar surface area (TPSA) is 56.8 Å². The average Bonchev–Trinajstić information content (AvgIpc) is 2.78. The molecule has 5 heteroatoms. The fourth-order valence-electron chi connectivity index (χ4n) is 4.85. The van der Waals surface area contributed by atoms with Crippen molar-refractivity contribution in [3.8, 4) is 5.75 Å². The van der Waals surface area contributed by atoms with Crippen molar-refractivity contribution >= 4 is 6.29 Å². The summed E-state index contributed by atoms with van der Waals surface area (Å²) in [6, 6.07) is 8.26. The number of methoxy groups -OCH3 is 3. The van der Waals surface area contributed by atoms with E-state index in [0.29, 0.717) is 12.3 Å². The highest BCUT2D eigenvalue weighted by Crippen LogP contribution is 2.52. The van der Waals surface area contributed by atoms with Gasteiger partial charge in [0.1, 0.15) is 17.8 Å². The standard InChI is InChI=1S/C26H39NO4/c1-20(2)26(22(14-18-28)12-13-24(30-4)25(26)31-5)15-8-17-27-16-7-10-21-9-6-11-23(19-21)29-3/h6,9,11-13,18-20,22,27H,7-8,10,14-17H2,1-5H3/t22-,26?/m1/s1. The highest BCUT2D eigenvalue weighted by Gasteiger charge is 2.47. The first-order valence-electron chi connectivity index (χ1n) is 11.3. The van der Waals surface area contributed by atoms with Crippen molar-refractivity contribution in [2.45, 2.75) is 46.0 Å². The van der Waals surface area contributed by atoms with Gasteiger partial charge in [-0.3, -0.25) is 0 Å². The molecule has 0 fully saturated rings. The van der Waals surface area contributed by atoms with Gasteiger partial charge in [0.2, 0.25) is 0 Å². The first-order chi connectivity index (χ1) is 15.0. The van der Waals surface area contributed by atoms with Crippen molar-refractivity contribution in [2.24, 2.45) is 17.3 Å². The summed E-state index contributed by atoms with van der Waals surface area (Å²) in [5.41, 5.74) is 1.06. The van der Waals surface area contributed by atoms with Gasteiger partial charge in [0, 0.05) is 11.8 Å². The Labute approximate surface area is 187 Å². The minimum absolute atomic E-state index is 0.118. The zero-order valence-corrected chi connectivity index (χ0v) is 19.8. The molecule has 5 nitrogen and oxygen atoms in total. The fraction of sp³-hybridized carbons (Fsp3) is 0.577. The van der Waals surface area contributed by atoms with E-state index in [1.165, 1.54) is 5.56 Å². The number of hydrogen-bond donors (Lipinski definition) is 1. The van der Waals surface area contributed by atoms with Gasteiger partial charge in [0.25, 0.3) is 0 Å². The second-order valence-corrected chi connectivity index (χ2v) is 8.47. The molecule has 0 heterocycles. The number of carbonyl (C=O) groups excluding carboxylic acids is 1. The molecule has 0 amide bonds. The summed E-state index contributed by atoms with van der Waals surface area (Å²) in [7, 11) is 5.08. The number of ether oxygens (including phenoxy) is 3. The van der Waals surface area contributed by atoms with Gasteiger partial charge in [-0.2, -0.15) is 0 Å². The number of aryl methyl sites for hydroxylation is 1. The first kappa shape index (κ1) is 25.0. The van der Waals surface area contributed by atoms with E-state index in [-0.39, 0.29) is 11.3 Å². The molecule has 2 rings (SSSR count). The summed E-state index contributed by atoms with van der Waals surface area (Å²) in [6.07, 6.45) is 9.63. The number of rotatable bonds is 14. The molecule has 172 valence electrons. The lowest BCUT2D eigenvalue weighted by atomic mass is 9.61. The molecule has 2 atom stereocenters. The lowest BCUT2D eigenvalue weighted by Gasteiger charge is -2.45. The van der Waals surface area contributed by atoms with Crippen LogP contribution < -0.4 is 10.1 Å². The van der Waals surface area contributed by atoms with Crippen LogP contribution in [0.25, 0.3) is 0 Å². The van der Waals surface area contributed by atoms with E-state index >= 15 is 0 Å². The van der Waals surface area contributed by atoms with Crippen LogP contribution in [0.4, 0.5) is 0 Å². The van der Waals surface area contributed by atoms with Gasteiger partial charge in [-0.25, -0.2) is 0 Å². The molecule has 1 aliphatic carbocycles. The highest BCUT2D eigenvalue weighted by molar-refractivity contribution is 5.52. The van der Waals surface area contributed by atoms with Crippen LogP contribution in [0.2, 0.25) is 0 Å². The Morgan fingerprint density at radius 3 is 2.52 bits per heavy atom. The normalized spacial score (nSPS) is 20.8. The first-order valence-corrected chi connectivity index (χ1v) is 11.3. The maximum atomic E-state index is 11.4. The lowest BCUT2D eigenvalue weighted by molar-refractivity contribution is -0.109. The molecule has 0 aliphatic heterocycles. The van der Waals surface area contributed by atoms with E-state index in [0.717, 1.165) is 62.3 Å². The van der Waals surface area contributed by atoms with E-state index < -0.39 is 0 Å². The number of hydrogen-bond acceptors (Lipinski definition) is 5. The van der Waals surface area contributed by atoms with Crippen LogP contribution in [0.5, 0.6) is 5.75 Å². The van der Waals surface area contributed by atoms with Crippen LogP contribution in [0, 0.1) is 17.3 Å². The van der Waals surface area contributed by atoms with Gasteiger partial charge in [0.05, 0.1) is 21.3 Å². The van der Waals surface area contributed by atoms with Gasteiger partial charge >= 0.3 is 0 Å². The molecule has 1 aromatic rings. The maximum absolute atomic E-state index is 11.4. The molecule has 1 aromatic carbocycles. The number of aldehydes is 1. The Kier molecular flexibility index (Phi) is 10.1. The van der Waals surface area contributed by atoms with Crippen LogP contribution in [0.1, 0.15) is 45.1 Å². The Bertz CT molecular complexity index is 756. The molecule has 0 saturated heterocycles. The fourth-order valence-corrected chi connectivity index (χ4v) is 4.85. The third-order valence-electron chi connectivity index (χ3n) is 6.49. The van der Waals surface area contributed by atoms with Crippen molar-refractivity contribution in [3.63, 3.8) is 0 Å². The average molecular weight is 430 g/mol. The van der Waals surface area contributed by atoms with Crippen molar-refractivity contribution in [3.05, 3.63) is 53.5 Å². The zero-order valence-electron chi connectivity index (χ0n) is 19.8. The number of carbonyl (C=O) groups is 1. The van der Waals surface area contributed by atoms with E-state index in [1.807, 2.05) is 18.2 Å². The van der Waals surface area contributed by atoms with Crippen molar-refractivity contribution in [2.75, 3.05) is 34.4 Å². The van der Waals surface area contributed by atoms with Gasteiger partial charge < -0.3 is 24.3 Å². The maximum Gasteiger partial charge on any atom is 0.156 e. The summed E-state index contributed by atoms with van der Waals surface area (Å²) in [4.78, 5) is 11.4. The van der Waals surface area contributed by atoms with Gasteiger partial charge in [-0.05, 0) is 74.4 Å². The number of allylic oxidation sites excluding steroid dienone is 3. The Morgan fingerprint density at radius 2 is 1.87 bits per heavy atom. The molecular weight excluding hydrogens is 390 g/mol. The molecule has 0 bridgehead atoms. The Balaban J connectivity index is 1.92. The van der Waals surface area contributed by atoms with Crippen molar-refractivity contribution in [1.29, 1.82) is 0 Å². The number of benzene rings is 1. The molecule has 1 N–H and O–H groups in total. The van der Waals surface area contributed by atoms with E-state index in [2.05, 4.69) is 37.4 Å². The summed E-state index contributed by atoms with van der Waals surface area (Å²) < 4.78 is 16.8. The van der Waals surface area contributed by atoms with Crippen LogP contribution in [0.3, 0.4) is 0 Å². The summed E-state index contributed by atoms with van der Waals surface area (Å²) >= 11 is 0. The zero-order chi connectivity index (χ0) is 22.7. The SMILES string of the molecule is COC1=C(OC)C(CCCNCCCc2cccc(OC)c2)(C(C)C)[C@@H](CC=O)C=C1. The van der Waals surface area contributed by atoms with Crippen LogP contribution >= 0.6 is 0 Å². The molecule has 1 aliphatic rings. The molecule has 0 aromatic heterocycles. The van der Waals surface area contributed by atoms with Crippen molar-refractivity contribution < 1.29 is 19.0 Å². The summed E-state index contributed by atoms with van der Waals surface area (Å²) in [5.74, 6) is 2.98. The third-order valence-corrected chi connectivity index (χ3v) is 6.49. The quantitative estimate of drug-likeness (QED) is 0.336. The second-order valence-electron chi connectivity index (χ2n) is 8.47. The van der Waals surface area contributed by atoms with Crippen LogP contribution in [-0.2, 0) is 20.7 Å². The predicted molar refractivity (Wildman–Crippen MR) is 125 cm³/mol. The lowest BCUT2D eigenvalue weighted by Crippen LogP contribution is -2.41. The summed E-state index contributed by atoms with van der Waals surface area (Å²) in [6.45, 7) is 6.33. The molecule has 0 saturated carbocycles. The van der Waals surface area contributed by atoms with E-state index in [1.54, 1.807) is 21.3 Å². The monoisotopic (exact) mass is 429 g/mol. The third kappa shape index (κ3) is 6.13. The van der Waals surface area contributed by atoms with Gasteiger partial charge in [-0.15, -0.1) is 0 Å². The smallest absolute Gasteiger partial charge is 0.156 e. The van der Waals surface area contributed by atoms with Crippen LogP contribution in [-0.4, -0.2) is 40.7 Å². The second kappa shape index (κ2) is 12.6. The summed E-state index contributed by atoms with van der Waals surface area (Å²) in [5, 5.41) is 3.58. The van der Waals surface area contributed by atoms with E-state index in [9.17, 15) is 4.79 Å². The van der Waals surface area contributed by atoms with Gasteiger partial charge in [0.15, 0.2) is 5.76 Å². The minimum atomic E-state index is -0.238. The number of nitrogens with one attached hydrogen (secondary N) is 1. The van der Waals surface area contributed by atoms with E-state index in [4.69, 9.17) is 14.2 Å². The highest BCUT2D eigenvalue weighted by atomic mass is 16.5. The molecule has 0 radical (unpaired) electrons. The Morgan fingerprint density at radius 1 is 1.10 bits per heavy atom. The Hall–Kier alpha value is -2.27. The molecule has 1 unspecified atom stereocenters. The van der Waals surface area contributed by atoms with Gasteiger partial charge in [-0.1, -0.05) is 32.1 Å². The molecule has 0 spiro atoms. The minimum Gasteiger partial charge on any atom is -0.497 e. The largest absolute Gasteiger partial charge is 0.497 e. The predicted octanol–water partition coefficient (Wildman–Crippen LogP) is 4.92.